The summed E-state index contributed by atoms with van der Waals surface area (Å²) in [5, 5.41) is 17.4. The van der Waals surface area contributed by atoms with Crippen LogP contribution in [0.2, 0.25) is 5.02 Å². The summed E-state index contributed by atoms with van der Waals surface area (Å²) in [6.07, 6.45) is 3.24. The van der Waals surface area contributed by atoms with Gasteiger partial charge in [0.05, 0.1) is 12.0 Å². The first kappa shape index (κ1) is 19.6. The Morgan fingerprint density at radius 2 is 2.07 bits per heavy atom. The van der Waals surface area contributed by atoms with Gasteiger partial charge < -0.3 is 19.3 Å². The molecule has 3 heterocycles. The number of hydrogen-bond acceptors (Lipinski definition) is 7. The SMILES string of the molecule is O=C(COc1cccnc1[N+](=O)[O-])N1N=C(c2ccc(Cl)cc2)C[C@H]1c1ccco1. The minimum absolute atomic E-state index is 0.0912. The molecule has 30 heavy (non-hydrogen) atoms. The van der Waals surface area contributed by atoms with Crippen molar-refractivity contribution in [3.05, 3.63) is 87.5 Å². The van der Waals surface area contributed by atoms with Gasteiger partial charge in [-0.3, -0.25) is 4.79 Å². The first-order valence-corrected chi connectivity index (χ1v) is 9.32. The van der Waals surface area contributed by atoms with Crippen molar-refractivity contribution >= 4 is 29.0 Å². The highest BCUT2D eigenvalue weighted by atomic mass is 35.5. The summed E-state index contributed by atoms with van der Waals surface area (Å²) in [5.74, 6) is -0.451. The molecule has 1 amide bonds. The lowest BCUT2D eigenvalue weighted by Crippen LogP contribution is -2.31. The number of nitrogens with zero attached hydrogens (tertiary/aromatic N) is 4. The second kappa shape index (κ2) is 8.34. The number of nitro groups is 1. The summed E-state index contributed by atoms with van der Waals surface area (Å²) in [7, 11) is 0. The van der Waals surface area contributed by atoms with Crippen LogP contribution in [-0.4, -0.2) is 33.1 Å². The van der Waals surface area contributed by atoms with Gasteiger partial charge in [-0.2, -0.15) is 5.10 Å². The molecular weight excluding hydrogens is 412 g/mol. The van der Waals surface area contributed by atoms with Crippen molar-refractivity contribution in [3.8, 4) is 5.75 Å². The lowest BCUT2D eigenvalue weighted by molar-refractivity contribution is -0.390. The number of amides is 1. The Morgan fingerprint density at radius 1 is 1.27 bits per heavy atom. The fourth-order valence-electron chi connectivity index (χ4n) is 3.10. The molecule has 0 aliphatic carbocycles. The van der Waals surface area contributed by atoms with Crippen LogP contribution in [0.3, 0.4) is 0 Å². The van der Waals surface area contributed by atoms with Crippen LogP contribution in [-0.2, 0) is 4.79 Å². The zero-order valence-electron chi connectivity index (χ0n) is 15.5. The van der Waals surface area contributed by atoms with Crippen molar-refractivity contribution in [1.82, 2.24) is 9.99 Å². The van der Waals surface area contributed by atoms with Crippen LogP contribution in [0.1, 0.15) is 23.8 Å². The van der Waals surface area contributed by atoms with Gasteiger partial charge in [-0.1, -0.05) is 23.7 Å². The number of benzene rings is 1. The van der Waals surface area contributed by atoms with Gasteiger partial charge in [0, 0.05) is 11.4 Å². The molecule has 152 valence electrons. The van der Waals surface area contributed by atoms with Crippen molar-refractivity contribution < 1.29 is 18.9 Å². The number of halogens is 1. The molecule has 2 aromatic heterocycles. The Balaban J connectivity index is 1.56. The predicted octanol–water partition coefficient (Wildman–Crippen LogP) is 3.99. The van der Waals surface area contributed by atoms with E-state index >= 15 is 0 Å². The number of carbonyl (C=O) groups is 1. The minimum Gasteiger partial charge on any atom is -0.475 e. The standard InChI is InChI=1S/C20H15ClN4O5/c21-14-7-5-13(6-8-14)15-11-16(17-4-2-10-29-17)24(23-15)19(26)12-30-18-3-1-9-22-20(18)25(27)28/h1-10,16H,11-12H2/t16-/m0/s1. The predicted molar refractivity (Wildman–Crippen MR) is 107 cm³/mol. The zero-order chi connectivity index (χ0) is 21.1. The van der Waals surface area contributed by atoms with E-state index in [0.29, 0.717) is 22.9 Å². The highest BCUT2D eigenvalue weighted by Crippen LogP contribution is 2.33. The van der Waals surface area contributed by atoms with Crippen LogP contribution in [0.25, 0.3) is 0 Å². The second-order valence-corrected chi connectivity index (χ2v) is 6.83. The van der Waals surface area contributed by atoms with E-state index in [1.807, 2.05) is 12.1 Å². The summed E-state index contributed by atoms with van der Waals surface area (Å²) < 4.78 is 10.9. The van der Waals surface area contributed by atoms with Crippen LogP contribution in [0.5, 0.6) is 5.75 Å². The third-order valence-corrected chi connectivity index (χ3v) is 4.74. The van der Waals surface area contributed by atoms with E-state index in [1.165, 1.54) is 29.6 Å². The Hall–Kier alpha value is -3.72. The monoisotopic (exact) mass is 426 g/mol. The first-order chi connectivity index (χ1) is 14.5. The molecule has 1 aromatic carbocycles. The number of hydrazone groups is 1. The fraction of sp³-hybridized carbons (Fsp3) is 0.150. The summed E-state index contributed by atoms with van der Waals surface area (Å²) in [5.41, 5.74) is 1.52. The molecule has 0 fully saturated rings. The van der Waals surface area contributed by atoms with Crippen molar-refractivity contribution in [3.63, 3.8) is 0 Å². The van der Waals surface area contributed by atoms with Crippen molar-refractivity contribution in [1.29, 1.82) is 0 Å². The average molecular weight is 427 g/mol. The number of furan rings is 1. The maximum absolute atomic E-state index is 12.9. The van der Waals surface area contributed by atoms with Gasteiger partial charge in [-0.25, -0.2) is 5.01 Å². The topological polar surface area (TPSA) is 111 Å². The molecular formula is C20H15ClN4O5. The van der Waals surface area contributed by atoms with Gasteiger partial charge in [-0.15, -0.1) is 0 Å². The van der Waals surface area contributed by atoms with Gasteiger partial charge >= 0.3 is 5.82 Å². The first-order valence-electron chi connectivity index (χ1n) is 8.94. The van der Waals surface area contributed by atoms with Crippen molar-refractivity contribution in [2.45, 2.75) is 12.5 Å². The molecule has 0 unspecified atom stereocenters. The molecule has 10 heteroatoms. The second-order valence-electron chi connectivity index (χ2n) is 6.40. The van der Waals surface area contributed by atoms with E-state index in [1.54, 1.807) is 24.3 Å². The summed E-state index contributed by atoms with van der Waals surface area (Å²) in [6, 6.07) is 13.1. The molecule has 0 spiro atoms. The maximum atomic E-state index is 12.9. The van der Waals surface area contributed by atoms with E-state index in [4.69, 9.17) is 20.8 Å². The van der Waals surface area contributed by atoms with Gasteiger partial charge in [0.2, 0.25) is 5.75 Å². The molecule has 0 radical (unpaired) electrons. The van der Waals surface area contributed by atoms with Crippen LogP contribution in [0.4, 0.5) is 5.82 Å². The third-order valence-electron chi connectivity index (χ3n) is 4.49. The third kappa shape index (κ3) is 4.01. The van der Waals surface area contributed by atoms with Crippen molar-refractivity contribution in [2.24, 2.45) is 5.10 Å². The number of carbonyl (C=O) groups excluding carboxylic acids is 1. The Kier molecular flexibility index (Phi) is 5.44. The zero-order valence-corrected chi connectivity index (χ0v) is 16.2. The maximum Gasteiger partial charge on any atom is 0.406 e. The Labute approximate surface area is 175 Å². The van der Waals surface area contributed by atoms with Gasteiger partial charge in [0.1, 0.15) is 18.0 Å². The molecule has 1 atom stereocenters. The largest absolute Gasteiger partial charge is 0.475 e. The number of ether oxygens (including phenoxy) is 1. The van der Waals surface area contributed by atoms with Crippen LogP contribution in [0, 0.1) is 10.1 Å². The summed E-state index contributed by atoms with van der Waals surface area (Å²) >= 11 is 5.95. The molecule has 9 nitrogen and oxygen atoms in total. The van der Waals surface area contributed by atoms with Crippen LogP contribution < -0.4 is 4.74 Å². The lowest BCUT2D eigenvalue weighted by atomic mass is 10.0. The Bertz CT molecular complexity index is 1100. The smallest absolute Gasteiger partial charge is 0.406 e. The molecule has 0 N–H and O–H groups in total. The summed E-state index contributed by atoms with van der Waals surface area (Å²) in [4.78, 5) is 27.0. The van der Waals surface area contributed by atoms with Crippen LogP contribution in [0.15, 0.2) is 70.5 Å². The molecule has 0 saturated heterocycles. The van der Waals surface area contributed by atoms with E-state index < -0.39 is 29.3 Å². The number of rotatable bonds is 6. The van der Waals surface area contributed by atoms with E-state index in [2.05, 4.69) is 10.1 Å². The minimum atomic E-state index is -0.669. The highest BCUT2D eigenvalue weighted by Gasteiger charge is 2.35. The van der Waals surface area contributed by atoms with Crippen LogP contribution >= 0.6 is 11.6 Å². The van der Waals surface area contributed by atoms with Gasteiger partial charge in [0.15, 0.2) is 6.61 Å². The normalized spacial score (nSPS) is 15.7. The number of aromatic nitrogens is 1. The average Bonchev–Trinajstić information content (AvgIpc) is 3.42. The molecule has 0 bridgehead atoms. The van der Waals surface area contributed by atoms with E-state index in [0.717, 1.165) is 5.56 Å². The van der Waals surface area contributed by atoms with Gasteiger partial charge in [0.25, 0.3) is 5.91 Å². The van der Waals surface area contributed by atoms with E-state index in [9.17, 15) is 14.9 Å². The lowest BCUT2D eigenvalue weighted by Gasteiger charge is -2.19. The molecule has 3 aromatic rings. The molecule has 4 rings (SSSR count). The molecule has 1 aliphatic heterocycles. The molecule has 0 saturated carbocycles. The number of hydrogen-bond donors (Lipinski definition) is 0. The quantitative estimate of drug-likeness (QED) is 0.435. The van der Waals surface area contributed by atoms with Gasteiger partial charge in [-0.05, 0) is 51.9 Å². The summed E-state index contributed by atoms with van der Waals surface area (Å²) in [6.45, 7) is -0.443. The van der Waals surface area contributed by atoms with E-state index in [-0.39, 0.29) is 5.75 Å². The van der Waals surface area contributed by atoms with Crippen molar-refractivity contribution in [2.75, 3.05) is 6.61 Å². The number of pyridine rings is 1. The fourth-order valence-corrected chi connectivity index (χ4v) is 3.22. The highest BCUT2D eigenvalue weighted by molar-refractivity contribution is 6.30. The Morgan fingerprint density at radius 3 is 2.77 bits per heavy atom. The molecule has 1 aliphatic rings.